The monoisotopic (exact) mass is 254 g/mol. The van der Waals surface area contributed by atoms with E-state index < -0.39 is 5.97 Å². The predicted octanol–water partition coefficient (Wildman–Crippen LogP) is 1.68. The molecule has 19 heavy (non-hydrogen) atoms. The summed E-state index contributed by atoms with van der Waals surface area (Å²) in [5, 5.41) is 11.0. The largest absolute Gasteiger partial charge is 0.481 e. The molecule has 1 aliphatic carbocycles. The van der Waals surface area contributed by atoms with Gasteiger partial charge in [-0.25, -0.2) is 0 Å². The summed E-state index contributed by atoms with van der Waals surface area (Å²) >= 11 is 0. The van der Waals surface area contributed by atoms with Crippen molar-refractivity contribution in [3.63, 3.8) is 0 Å². The van der Waals surface area contributed by atoms with Crippen molar-refractivity contribution >= 4 is 18.3 Å². The average Bonchev–Trinajstić information content (AvgIpc) is 2.57. The van der Waals surface area contributed by atoms with Gasteiger partial charge in [0, 0.05) is 5.22 Å². The van der Waals surface area contributed by atoms with E-state index in [0.717, 1.165) is 40.2 Å². The Morgan fingerprint density at radius 2 is 1.95 bits per heavy atom. The second kappa shape index (κ2) is 4.76. The van der Waals surface area contributed by atoms with Crippen LogP contribution in [0.25, 0.3) is 12.3 Å². The van der Waals surface area contributed by atoms with Crippen LogP contribution < -0.4 is 10.4 Å². The Hall–Kier alpha value is -2.29. The summed E-state index contributed by atoms with van der Waals surface area (Å²) in [7, 11) is 0. The van der Waals surface area contributed by atoms with Crippen LogP contribution in [0.4, 0.5) is 0 Å². The Kier molecular flexibility index (Phi) is 2.95. The SMILES string of the molecule is O=C(O)CC1=CC2=C(C=c3ccccc3=CO2)CC1. The van der Waals surface area contributed by atoms with E-state index in [-0.39, 0.29) is 6.42 Å². The van der Waals surface area contributed by atoms with Crippen molar-refractivity contribution in [1.82, 2.24) is 0 Å². The highest BCUT2D eigenvalue weighted by molar-refractivity contribution is 5.70. The van der Waals surface area contributed by atoms with Gasteiger partial charge in [-0.2, -0.15) is 0 Å². The van der Waals surface area contributed by atoms with Crippen LogP contribution in [0.5, 0.6) is 0 Å². The Morgan fingerprint density at radius 1 is 1.16 bits per heavy atom. The fourth-order valence-electron chi connectivity index (χ4n) is 2.42. The van der Waals surface area contributed by atoms with Crippen LogP contribution in [-0.4, -0.2) is 11.1 Å². The highest BCUT2D eigenvalue weighted by Gasteiger charge is 2.16. The standard InChI is InChI=1S/C16H14O3/c17-16(18)8-11-5-6-13-9-12-3-1-2-4-14(12)10-19-15(13)7-11/h1-4,7,9-10H,5-6,8H2,(H,17,18). The summed E-state index contributed by atoms with van der Waals surface area (Å²) in [5.41, 5.74) is 2.05. The zero-order chi connectivity index (χ0) is 13.2. The van der Waals surface area contributed by atoms with Gasteiger partial charge in [-0.05, 0) is 35.8 Å². The van der Waals surface area contributed by atoms with Crippen molar-refractivity contribution < 1.29 is 14.6 Å². The van der Waals surface area contributed by atoms with Crippen LogP contribution in [0.15, 0.2) is 47.2 Å². The van der Waals surface area contributed by atoms with Gasteiger partial charge in [0.25, 0.3) is 0 Å². The molecule has 0 aromatic heterocycles. The van der Waals surface area contributed by atoms with Crippen molar-refractivity contribution in [2.75, 3.05) is 0 Å². The highest BCUT2D eigenvalue weighted by Crippen LogP contribution is 2.28. The van der Waals surface area contributed by atoms with Gasteiger partial charge in [0.1, 0.15) is 5.76 Å². The van der Waals surface area contributed by atoms with E-state index in [0.29, 0.717) is 0 Å². The predicted molar refractivity (Wildman–Crippen MR) is 72.3 cm³/mol. The Bertz CT molecular complexity index is 708. The Balaban J connectivity index is 2.02. The number of fused-ring (bicyclic) bond motifs is 1. The summed E-state index contributed by atoms with van der Waals surface area (Å²) in [6.45, 7) is 0. The van der Waals surface area contributed by atoms with Gasteiger partial charge in [0.05, 0.1) is 12.7 Å². The summed E-state index contributed by atoms with van der Waals surface area (Å²) in [4.78, 5) is 10.8. The van der Waals surface area contributed by atoms with Gasteiger partial charge >= 0.3 is 5.97 Å². The first-order valence-corrected chi connectivity index (χ1v) is 6.30. The molecule has 0 spiro atoms. The number of carbonyl (C=O) groups is 1. The molecule has 0 bridgehead atoms. The molecular weight excluding hydrogens is 240 g/mol. The summed E-state index contributed by atoms with van der Waals surface area (Å²) in [6, 6.07) is 8.04. The van der Waals surface area contributed by atoms with Crippen LogP contribution in [-0.2, 0) is 9.53 Å². The van der Waals surface area contributed by atoms with Crippen LogP contribution in [0.1, 0.15) is 19.3 Å². The van der Waals surface area contributed by atoms with E-state index in [4.69, 9.17) is 9.84 Å². The smallest absolute Gasteiger partial charge is 0.307 e. The summed E-state index contributed by atoms with van der Waals surface area (Å²) < 4.78 is 5.70. The quantitative estimate of drug-likeness (QED) is 0.873. The van der Waals surface area contributed by atoms with Crippen molar-refractivity contribution in [2.24, 2.45) is 0 Å². The van der Waals surface area contributed by atoms with E-state index in [1.165, 1.54) is 0 Å². The Morgan fingerprint density at radius 3 is 2.74 bits per heavy atom. The third-order valence-electron chi connectivity index (χ3n) is 3.38. The average molecular weight is 254 g/mol. The van der Waals surface area contributed by atoms with Crippen molar-refractivity contribution in [3.05, 3.63) is 57.7 Å². The minimum absolute atomic E-state index is 0.0904. The molecule has 1 heterocycles. The summed E-state index contributed by atoms with van der Waals surface area (Å²) in [6.07, 6.45) is 7.43. The van der Waals surface area contributed by atoms with E-state index in [9.17, 15) is 4.79 Å². The number of carboxylic acid groups (broad SMARTS) is 1. The first-order valence-electron chi connectivity index (χ1n) is 6.30. The van der Waals surface area contributed by atoms with E-state index in [1.54, 1.807) is 6.26 Å². The zero-order valence-electron chi connectivity index (χ0n) is 10.4. The number of carboxylic acids is 1. The minimum Gasteiger partial charge on any atom is -0.481 e. The Labute approximate surface area is 110 Å². The van der Waals surface area contributed by atoms with Crippen LogP contribution in [0.2, 0.25) is 0 Å². The van der Waals surface area contributed by atoms with Gasteiger partial charge in [-0.3, -0.25) is 4.79 Å². The topological polar surface area (TPSA) is 46.5 Å². The molecule has 1 N–H and O–H groups in total. The van der Waals surface area contributed by atoms with Gasteiger partial charge in [0.2, 0.25) is 0 Å². The second-order valence-electron chi connectivity index (χ2n) is 4.77. The molecule has 3 rings (SSSR count). The number of allylic oxidation sites excluding steroid dienone is 2. The van der Waals surface area contributed by atoms with E-state index >= 15 is 0 Å². The number of aliphatic carboxylic acids is 1. The first kappa shape index (κ1) is 11.8. The van der Waals surface area contributed by atoms with Crippen LogP contribution in [0, 0.1) is 0 Å². The molecule has 0 amide bonds. The maximum atomic E-state index is 10.8. The molecule has 3 heteroatoms. The third-order valence-corrected chi connectivity index (χ3v) is 3.38. The number of ether oxygens (including phenoxy) is 1. The number of rotatable bonds is 2. The van der Waals surface area contributed by atoms with Gasteiger partial charge in [-0.15, -0.1) is 0 Å². The molecule has 0 saturated carbocycles. The van der Waals surface area contributed by atoms with Gasteiger partial charge < -0.3 is 9.84 Å². The normalized spacial score (nSPS) is 16.9. The summed E-state index contributed by atoms with van der Waals surface area (Å²) in [5.74, 6) is -0.0149. The van der Waals surface area contributed by atoms with Crippen molar-refractivity contribution in [3.8, 4) is 0 Å². The molecular formula is C16H14O3. The molecule has 2 aliphatic rings. The molecule has 0 fully saturated rings. The molecule has 1 aromatic rings. The minimum atomic E-state index is -0.792. The molecule has 0 unspecified atom stereocenters. The van der Waals surface area contributed by atoms with Crippen molar-refractivity contribution in [1.29, 1.82) is 0 Å². The maximum absolute atomic E-state index is 10.8. The molecule has 1 aromatic carbocycles. The van der Waals surface area contributed by atoms with Crippen molar-refractivity contribution in [2.45, 2.75) is 19.3 Å². The zero-order valence-corrected chi connectivity index (χ0v) is 10.4. The van der Waals surface area contributed by atoms with Gasteiger partial charge in [0.15, 0.2) is 0 Å². The van der Waals surface area contributed by atoms with Crippen LogP contribution in [0.3, 0.4) is 0 Å². The lowest BCUT2D eigenvalue weighted by Crippen LogP contribution is -2.23. The number of hydrogen-bond acceptors (Lipinski definition) is 2. The molecule has 96 valence electrons. The molecule has 0 radical (unpaired) electrons. The fraction of sp³-hybridized carbons (Fsp3) is 0.188. The van der Waals surface area contributed by atoms with E-state index in [2.05, 4.69) is 12.1 Å². The number of hydrogen-bond donors (Lipinski definition) is 1. The third kappa shape index (κ3) is 2.45. The lowest BCUT2D eigenvalue weighted by Gasteiger charge is -2.15. The lowest BCUT2D eigenvalue weighted by atomic mass is 9.94. The molecule has 1 aliphatic heterocycles. The van der Waals surface area contributed by atoms with E-state index in [1.807, 2.05) is 24.3 Å². The van der Waals surface area contributed by atoms with Crippen LogP contribution >= 0.6 is 0 Å². The fourth-order valence-corrected chi connectivity index (χ4v) is 2.42. The maximum Gasteiger partial charge on any atom is 0.307 e. The molecule has 3 nitrogen and oxygen atoms in total. The lowest BCUT2D eigenvalue weighted by molar-refractivity contribution is -0.136. The highest BCUT2D eigenvalue weighted by atomic mass is 16.5. The first-order chi connectivity index (χ1) is 9.22. The second-order valence-corrected chi connectivity index (χ2v) is 4.77. The van der Waals surface area contributed by atoms with Gasteiger partial charge in [-0.1, -0.05) is 29.8 Å². The molecule has 0 saturated heterocycles. The molecule has 0 atom stereocenters. The number of benzene rings is 1.